The molecule has 3 nitrogen and oxygen atoms in total. The molecule has 21 heavy (non-hydrogen) atoms. The predicted molar refractivity (Wildman–Crippen MR) is 90.7 cm³/mol. The standard InChI is InChI=1S/C16H18N2O.2ClH/c1-2-5-13(6-3-1)14-9-16(11-17-10-14)19-12-15-7-4-8-18-15;;/h1-3,5-6,9-11,15,18H,4,7-8,12H2;2*1H/t15-;;/m1../s1. The van der Waals surface area contributed by atoms with Gasteiger partial charge in [-0.1, -0.05) is 30.3 Å². The molecule has 1 N–H and O–H groups in total. The summed E-state index contributed by atoms with van der Waals surface area (Å²) in [5, 5.41) is 3.43. The van der Waals surface area contributed by atoms with Gasteiger partial charge < -0.3 is 10.1 Å². The molecule has 5 heteroatoms. The maximum absolute atomic E-state index is 5.83. The number of hydrogen-bond acceptors (Lipinski definition) is 3. The van der Waals surface area contributed by atoms with Gasteiger partial charge in [0.1, 0.15) is 12.4 Å². The van der Waals surface area contributed by atoms with Crippen molar-refractivity contribution in [1.29, 1.82) is 0 Å². The monoisotopic (exact) mass is 326 g/mol. The molecule has 2 heterocycles. The molecule has 0 amide bonds. The van der Waals surface area contributed by atoms with E-state index in [2.05, 4.69) is 28.5 Å². The Hall–Kier alpha value is -1.29. The average Bonchev–Trinajstić information content (AvgIpc) is 3.00. The van der Waals surface area contributed by atoms with Crippen LogP contribution in [0.15, 0.2) is 48.8 Å². The second-order valence-corrected chi connectivity index (χ2v) is 4.88. The molecule has 1 fully saturated rings. The average molecular weight is 327 g/mol. The number of ether oxygens (including phenoxy) is 1. The van der Waals surface area contributed by atoms with E-state index in [4.69, 9.17) is 4.74 Å². The number of hydrogen-bond donors (Lipinski definition) is 1. The number of pyridine rings is 1. The summed E-state index contributed by atoms with van der Waals surface area (Å²) in [6, 6.07) is 12.8. The number of halogens is 2. The van der Waals surface area contributed by atoms with E-state index in [0.717, 1.165) is 24.5 Å². The van der Waals surface area contributed by atoms with Gasteiger partial charge in [0.2, 0.25) is 0 Å². The van der Waals surface area contributed by atoms with Crippen molar-refractivity contribution in [3.05, 3.63) is 48.8 Å². The highest BCUT2D eigenvalue weighted by molar-refractivity contribution is 5.85. The van der Waals surface area contributed by atoms with E-state index in [1.54, 1.807) is 6.20 Å². The van der Waals surface area contributed by atoms with Crippen LogP contribution in [0.3, 0.4) is 0 Å². The molecule has 1 aromatic heterocycles. The molecule has 0 radical (unpaired) electrons. The summed E-state index contributed by atoms with van der Waals surface area (Å²) < 4.78 is 5.83. The number of nitrogens with one attached hydrogen (secondary N) is 1. The van der Waals surface area contributed by atoms with Crippen molar-refractivity contribution in [1.82, 2.24) is 10.3 Å². The normalized spacial score (nSPS) is 16.7. The fourth-order valence-electron chi connectivity index (χ4n) is 2.38. The Morgan fingerprint density at radius 2 is 1.90 bits per heavy atom. The zero-order valence-corrected chi connectivity index (χ0v) is 13.3. The summed E-state index contributed by atoms with van der Waals surface area (Å²) in [4.78, 5) is 4.26. The van der Waals surface area contributed by atoms with Crippen LogP contribution >= 0.6 is 24.8 Å². The maximum Gasteiger partial charge on any atom is 0.138 e. The Labute approximate surface area is 137 Å². The molecule has 0 spiro atoms. The molecular weight excluding hydrogens is 307 g/mol. The molecule has 0 saturated carbocycles. The van der Waals surface area contributed by atoms with Gasteiger partial charge in [0.25, 0.3) is 0 Å². The van der Waals surface area contributed by atoms with Crippen LogP contribution in [0.2, 0.25) is 0 Å². The lowest BCUT2D eigenvalue weighted by atomic mass is 10.1. The summed E-state index contributed by atoms with van der Waals surface area (Å²) in [6.07, 6.45) is 6.10. The van der Waals surface area contributed by atoms with E-state index >= 15 is 0 Å². The molecule has 0 aliphatic carbocycles. The van der Waals surface area contributed by atoms with E-state index in [0.29, 0.717) is 6.04 Å². The lowest BCUT2D eigenvalue weighted by molar-refractivity contribution is 0.276. The molecule has 3 rings (SSSR count). The smallest absolute Gasteiger partial charge is 0.138 e. The number of nitrogens with zero attached hydrogens (tertiary/aromatic N) is 1. The molecule has 1 aliphatic rings. The van der Waals surface area contributed by atoms with Gasteiger partial charge in [-0.05, 0) is 31.0 Å². The summed E-state index contributed by atoms with van der Waals surface area (Å²) in [6.45, 7) is 1.83. The van der Waals surface area contributed by atoms with Crippen molar-refractivity contribution in [2.75, 3.05) is 13.2 Å². The molecule has 2 aromatic rings. The number of benzene rings is 1. The molecule has 0 unspecified atom stereocenters. The van der Waals surface area contributed by atoms with E-state index in [1.807, 2.05) is 24.4 Å². The van der Waals surface area contributed by atoms with Gasteiger partial charge in [-0.15, -0.1) is 24.8 Å². The number of rotatable bonds is 4. The van der Waals surface area contributed by atoms with E-state index in [-0.39, 0.29) is 24.8 Å². The van der Waals surface area contributed by atoms with Gasteiger partial charge >= 0.3 is 0 Å². The van der Waals surface area contributed by atoms with Crippen LogP contribution in [0.5, 0.6) is 5.75 Å². The summed E-state index contributed by atoms with van der Waals surface area (Å²) >= 11 is 0. The van der Waals surface area contributed by atoms with Crippen LogP contribution in [0.25, 0.3) is 11.1 Å². The van der Waals surface area contributed by atoms with Crippen LogP contribution in [0.4, 0.5) is 0 Å². The molecule has 1 atom stereocenters. The zero-order valence-electron chi connectivity index (χ0n) is 11.7. The molecule has 0 bridgehead atoms. The minimum atomic E-state index is 0. The maximum atomic E-state index is 5.83. The Bertz CT molecular complexity index is 531. The van der Waals surface area contributed by atoms with Crippen LogP contribution < -0.4 is 10.1 Å². The third kappa shape index (κ3) is 4.88. The first-order chi connectivity index (χ1) is 9.42. The van der Waals surface area contributed by atoms with Gasteiger partial charge in [-0.3, -0.25) is 4.98 Å². The van der Waals surface area contributed by atoms with E-state index in [9.17, 15) is 0 Å². The zero-order chi connectivity index (χ0) is 12.9. The highest BCUT2D eigenvalue weighted by Crippen LogP contribution is 2.22. The minimum absolute atomic E-state index is 0. The highest BCUT2D eigenvalue weighted by Gasteiger charge is 2.14. The first kappa shape index (κ1) is 17.8. The SMILES string of the molecule is Cl.Cl.c1ccc(-c2cncc(OC[C@H]3CCCN3)c2)cc1. The van der Waals surface area contributed by atoms with E-state index in [1.165, 1.54) is 18.4 Å². The van der Waals surface area contributed by atoms with Crippen LogP contribution in [0.1, 0.15) is 12.8 Å². The topological polar surface area (TPSA) is 34.1 Å². The summed E-state index contributed by atoms with van der Waals surface area (Å²) in [5.41, 5.74) is 2.26. The van der Waals surface area contributed by atoms with Crippen molar-refractivity contribution in [3.8, 4) is 16.9 Å². The number of aromatic nitrogens is 1. The second kappa shape index (κ2) is 8.88. The predicted octanol–water partition coefficient (Wildman–Crippen LogP) is 3.72. The third-order valence-corrected chi connectivity index (χ3v) is 3.43. The summed E-state index contributed by atoms with van der Waals surface area (Å²) in [7, 11) is 0. The molecular formula is C16H20Cl2N2O. The van der Waals surface area contributed by atoms with Crippen molar-refractivity contribution < 1.29 is 4.74 Å². The van der Waals surface area contributed by atoms with Crippen LogP contribution in [0, 0.1) is 0 Å². The fourth-order valence-corrected chi connectivity index (χ4v) is 2.38. The second-order valence-electron chi connectivity index (χ2n) is 4.88. The van der Waals surface area contributed by atoms with E-state index < -0.39 is 0 Å². The quantitative estimate of drug-likeness (QED) is 0.929. The molecule has 1 saturated heterocycles. The first-order valence-electron chi connectivity index (χ1n) is 6.78. The Morgan fingerprint density at radius 3 is 2.62 bits per heavy atom. The Morgan fingerprint density at radius 1 is 1.10 bits per heavy atom. The fraction of sp³-hybridized carbons (Fsp3) is 0.312. The van der Waals surface area contributed by atoms with Crippen molar-refractivity contribution in [2.45, 2.75) is 18.9 Å². The van der Waals surface area contributed by atoms with Gasteiger partial charge in [-0.2, -0.15) is 0 Å². The molecule has 1 aromatic carbocycles. The Kier molecular flexibility index (Phi) is 7.51. The molecule has 1 aliphatic heterocycles. The molecule has 114 valence electrons. The minimum Gasteiger partial charge on any atom is -0.490 e. The largest absolute Gasteiger partial charge is 0.490 e. The Balaban J connectivity index is 0.00000110. The highest BCUT2D eigenvalue weighted by atomic mass is 35.5. The first-order valence-corrected chi connectivity index (χ1v) is 6.78. The van der Waals surface area contributed by atoms with Crippen molar-refractivity contribution in [3.63, 3.8) is 0 Å². The van der Waals surface area contributed by atoms with Crippen molar-refractivity contribution in [2.24, 2.45) is 0 Å². The lowest BCUT2D eigenvalue weighted by Crippen LogP contribution is -2.28. The van der Waals surface area contributed by atoms with Gasteiger partial charge in [0, 0.05) is 17.8 Å². The van der Waals surface area contributed by atoms with Gasteiger partial charge in [-0.25, -0.2) is 0 Å². The van der Waals surface area contributed by atoms with Crippen LogP contribution in [-0.2, 0) is 0 Å². The van der Waals surface area contributed by atoms with Gasteiger partial charge in [0.05, 0.1) is 6.20 Å². The van der Waals surface area contributed by atoms with Crippen molar-refractivity contribution >= 4 is 24.8 Å². The van der Waals surface area contributed by atoms with Crippen LogP contribution in [-0.4, -0.2) is 24.2 Å². The summed E-state index contributed by atoms with van der Waals surface area (Å²) in [5.74, 6) is 0.843. The third-order valence-electron chi connectivity index (χ3n) is 3.43. The lowest BCUT2D eigenvalue weighted by Gasteiger charge is -2.12. The van der Waals surface area contributed by atoms with Gasteiger partial charge in [0.15, 0.2) is 0 Å².